The third-order valence-corrected chi connectivity index (χ3v) is 4.66. The number of rotatable bonds is 8. The maximum absolute atomic E-state index is 12.2. The second kappa shape index (κ2) is 7.57. The van der Waals surface area contributed by atoms with E-state index in [-0.39, 0.29) is 5.75 Å². The van der Waals surface area contributed by atoms with E-state index in [4.69, 9.17) is 0 Å². The Kier molecular flexibility index (Phi) is 6.39. The van der Waals surface area contributed by atoms with Crippen LogP contribution in [0.2, 0.25) is 0 Å². The van der Waals surface area contributed by atoms with E-state index < -0.39 is 10.0 Å². The van der Waals surface area contributed by atoms with Crippen LogP contribution in [0.3, 0.4) is 0 Å². The van der Waals surface area contributed by atoms with Crippen LogP contribution in [0.4, 0.5) is 0 Å². The predicted molar refractivity (Wildman–Crippen MR) is 83.9 cm³/mol. The van der Waals surface area contributed by atoms with Gasteiger partial charge in [-0.15, -0.1) is 0 Å². The van der Waals surface area contributed by atoms with Crippen LogP contribution in [0.5, 0.6) is 0 Å². The van der Waals surface area contributed by atoms with Gasteiger partial charge in [-0.1, -0.05) is 43.3 Å². The van der Waals surface area contributed by atoms with Crippen LogP contribution in [0.15, 0.2) is 36.4 Å². The summed E-state index contributed by atoms with van der Waals surface area (Å²) in [6, 6.07) is 7.68. The fourth-order valence-corrected chi connectivity index (χ4v) is 3.14. The minimum absolute atomic E-state index is 0.0245. The van der Waals surface area contributed by atoms with E-state index >= 15 is 0 Å². The lowest BCUT2D eigenvalue weighted by atomic mass is 10.1. The number of hydrogen-bond donors (Lipinski definition) is 1. The van der Waals surface area contributed by atoms with E-state index in [1.54, 1.807) is 7.05 Å². The van der Waals surface area contributed by atoms with Crippen LogP contribution in [0.25, 0.3) is 0 Å². The van der Waals surface area contributed by atoms with Gasteiger partial charge in [0.1, 0.15) is 0 Å². The molecule has 0 saturated heterocycles. The molecule has 112 valence electrons. The second-order valence-corrected chi connectivity index (χ2v) is 7.15. The van der Waals surface area contributed by atoms with Crippen LogP contribution < -0.4 is 5.32 Å². The van der Waals surface area contributed by atoms with Gasteiger partial charge in [0.15, 0.2) is 0 Å². The Morgan fingerprint density at radius 2 is 2.00 bits per heavy atom. The number of sulfonamides is 1. The molecule has 0 fully saturated rings. The highest BCUT2D eigenvalue weighted by Gasteiger charge is 2.18. The van der Waals surface area contributed by atoms with Crippen molar-refractivity contribution in [3.63, 3.8) is 0 Å². The monoisotopic (exact) mass is 296 g/mol. The molecule has 0 aromatic heterocycles. The molecule has 1 aromatic rings. The molecule has 0 aliphatic rings. The summed E-state index contributed by atoms with van der Waals surface area (Å²) in [5.41, 5.74) is 2.74. The molecule has 0 aliphatic heterocycles. The Bertz CT molecular complexity index is 553. The quantitative estimate of drug-likeness (QED) is 0.748. The lowest BCUT2D eigenvalue weighted by molar-refractivity contribution is 0.492. The lowest BCUT2D eigenvalue weighted by Gasteiger charge is -2.17. The molecule has 0 heterocycles. The van der Waals surface area contributed by atoms with Gasteiger partial charge in [-0.25, -0.2) is 12.7 Å². The largest absolute Gasteiger partial charge is 0.313 e. The predicted octanol–water partition coefficient (Wildman–Crippen LogP) is 2.13. The highest BCUT2D eigenvalue weighted by Crippen LogP contribution is 2.12. The molecule has 0 atom stereocenters. The fraction of sp³-hybridized carbons (Fsp3) is 0.467. The normalized spacial score (nSPS) is 11.8. The maximum atomic E-state index is 12.2. The van der Waals surface area contributed by atoms with Crippen LogP contribution >= 0.6 is 0 Å². The smallest absolute Gasteiger partial charge is 0.218 e. The average molecular weight is 296 g/mol. The summed E-state index contributed by atoms with van der Waals surface area (Å²) in [5.74, 6) is 0.0245. The van der Waals surface area contributed by atoms with E-state index in [2.05, 4.69) is 11.9 Å². The van der Waals surface area contributed by atoms with Crippen molar-refractivity contribution in [1.29, 1.82) is 0 Å². The van der Waals surface area contributed by atoms with E-state index in [9.17, 15) is 8.42 Å². The maximum Gasteiger partial charge on any atom is 0.218 e. The molecule has 1 N–H and O–H groups in total. The molecule has 1 rings (SSSR count). The topological polar surface area (TPSA) is 49.4 Å². The Hall–Kier alpha value is -1.17. The molecule has 0 amide bonds. The molecule has 1 aromatic carbocycles. The van der Waals surface area contributed by atoms with Gasteiger partial charge < -0.3 is 5.32 Å². The zero-order valence-corrected chi connectivity index (χ0v) is 13.3. The van der Waals surface area contributed by atoms with Crippen molar-refractivity contribution in [3.05, 3.63) is 47.5 Å². The van der Waals surface area contributed by atoms with Crippen molar-refractivity contribution in [2.45, 2.75) is 26.1 Å². The molecule has 20 heavy (non-hydrogen) atoms. The van der Waals surface area contributed by atoms with Crippen LogP contribution in [-0.4, -0.2) is 32.9 Å². The number of likely N-dealkylation sites (N-methyl/N-ethyl adjacent to an activating group) is 1. The molecule has 0 unspecified atom stereocenters. The highest BCUT2D eigenvalue weighted by atomic mass is 32.2. The average Bonchev–Trinajstić information content (AvgIpc) is 2.35. The molecule has 0 aliphatic carbocycles. The minimum Gasteiger partial charge on any atom is -0.313 e. The van der Waals surface area contributed by atoms with Crippen molar-refractivity contribution in [1.82, 2.24) is 9.62 Å². The third-order valence-electron chi connectivity index (χ3n) is 2.89. The molecular weight excluding hydrogens is 272 g/mol. The van der Waals surface area contributed by atoms with Crippen molar-refractivity contribution in [3.8, 4) is 0 Å². The summed E-state index contributed by atoms with van der Waals surface area (Å²) < 4.78 is 25.8. The van der Waals surface area contributed by atoms with Crippen molar-refractivity contribution >= 4 is 10.0 Å². The first-order valence-electron chi connectivity index (χ1n) is 6.72. The van der Waals surface area contributed by atoms with Crippen molar-refractivity contribution in [2.24, 2.45) is 0 Å². The lowest BCUT2D eigenvalue weighted by Crippen LogP contribution is -2.29. The summed E-state index contributed by atoms with van der Waals surface area (Å²) >= 11 is 0. The Balaban J connectivity index is 2.79. The van der Waals surface area contributed by atoms with E-state index in [0.29, 0.717) is 6.54 Å². The molecule has 0 spiro atoms. The Morgan fingerprint density at radius 1 is 1.35 bits per heavy atom. The molecule has 0 radical (unpaired) electrons. The Labute approximate surface area is 122 Å². The van der Waals surface area contributed by atoms with Gasteiger partial charge in [-0.2, -0.15) is 0 Å². The van der Waals surface area contributed by atoms with Gasteiger partial charge >= 0.3 is 0 Å². The number of hydrogen-bond acceptors (Lipinski definition) is 3. The van der Waals surface area contributed by atoms with Crippen LogP contribution in [0.1, 0.15) is 25.0 Å². The van der Waals surface area contributed by atoms with Gasteiger partial charge in [0.05, 0.1) is 5.75 Å². The summed E-state index contributed by atoms with van der Waals surface area (Å²) in [4.78, 5) is 0. The second-order valence-electron chi connectivity index (χ2n) is 5.07. The standard InChI is InChI=1S/C15H24N2O2S/c1-5-16-10-14-7-6-8-15(9-14)12-20(18,19)17(4)11-13(2)3/h6-9,16H,2,5,10-12H2,1,3-4H3. The van der Waals surface area contributed by atoms with E-state index in [1.807, 2.05) is 38.1 Å². The first-order valence-corrected chi connectivity index (χ1v) is 8.33. The first kappa shape index (κ1) is 16.9. The van der Waals surface area contributed by atoms with E-state index in [1.165, 1.54) is 4.31 Å². The van der Waals surface area contributed by atoms with Gasteiger partial charge in [0.2, 0.25) is 10.0 Å². The summed E-state index contributed by atoms with van der Waals surface area (Å²) in [7, 11) is -1.70. The van der Waals surface area contributed by atoms with Crippen molar-refractivity contribution in [2.75, 3.05) is 20.1 Å². The molecule has 5 heteroatoms. The fourth-order valence-electron chi connectivity index (χ4n) is 1.90. The molecule has 4 nitrogen and oxygen atoms in total. The summed E-state index contributed by atoms with van der Waals surface area (Å²) in [5, 5.41) is 3.23. The zero-order valence-electron chi connectivity index (χ0n) is 12.5. The van der Waals surface area contributed by atoms with Gasteiger partial charge in [-0.3, -0.25) is 0 Å². The minimum atomic E-state index is -3.29. The SMILES string of the molecule is C=C(C)CN(C)S(=O)(=O)Cc1cccc(CNCC)c1. The summed E-state index contributed by atoms with van der Waals surface area (Å²) in [6.07, 6.45) is 0. The molecule has 0 bridgehead atoms. The molecule has 0 saturated carbocycles. The Morgan fingerprint density at radius 3 is 2.60 bits per heavy atom. The van der Waals surface area contributed by atoms with Gasteiger partial charge in [0, 0.05) is 20.1 Å². The first-order chi connectivity index (χ1) is 9.35. The zero-order chi connectivity index (χ0) is 15.2. The van der Waals surface area contributed by atoms with Crippen LogP contribution in [-0.2, 0) is 22.3 Å². The highest BCUT2D eigenvalue weighted by molar-refractivity contribution is 7.88. The molecular formula is C15H24N2O2S. The van der Waals surface area contributed by atoms with Gasteiger partial charge in [0.25, 0.3) is 0 Å². The van der Waals surface area contributed by atoms with Crippen LogP contribution in [0, 0.1) is 0 Å². The number of nitrogens with one attached hydrogen (secondary N) is 1. The van der Waals surface area contributed by atoms with Crippen molar-refractivity contribution < 1.29 is 8.42 Å². The number of nitrogens with zero attached hydrogens (tertiary/aromatic N) is 1. The third kappa shape index (κ3) is 5.45. The van der Waals surface area contributed by atoms with Gasteiger partial charge in [-0.05, 0) is 24.6 Å². The number of benzene rings is 1. The van der Waals surface area contributed by atoms with E-state index in [0.717, 1.165) is 29.8 Å². The summed E-state index contributed by atoms with van der Waals surface area (Å²) in [6.45, 7) is 9.62.